The third kappa shape index (κ3) is 3.86. The average molecular weight is 454 g/mol. The first-order valence-electron chi connectivity index (χ1n) is 9.89. The zero-order valence-corrected chi connectivity index (χ0v) is 18.5. The number of aryl methyl sites for hydroxylation is 3. The first kappa shape index (κ1) is 19.8. The Bertz CT molecular complexity index is 1040. The molecule has 150 valence electrons. The monoisotopic (exact) mass is 453 g/mol. The van der Waals surface area contributed by atoms with Crippen molar-refractivity contribution < 1.29 is 9.59 Å². The highest BCUT2D eigenvalue weighted by Gasteiger charge is 2.37. The molecule has 1 aliphatic heterocycles. The Morgan fingerprint density at radius 1 is 1.17 bits per heavy atom. The van der Waals surface area contributed by atoms with Gasteiger partial charge in [0.05, 0.1) is 17.3 Å². The van der Waals surface area contributed by atoms with Crippen molar-refractivity contribution in [2.45, 2.75) is 40.0 Å². The highest BCUT2D eigenvalue weighted by atomic mass is 79.9. The Hall–Kier alpha value is -2.47. The Morgan fingerprint density at radius 2 is 1.93 bits per heavy atom. The Kier molecular flexibility index (Phi) is 5.30. The summed E-state index contributed by atoms with van der Waals surface area (Å²) in [5.74, 6) is -0.457. The van der Waals surface area contributed by atoms with Gasteiger partial charge in [-0.2, -0.15) is 0 Å². The summed E-state index contributed by atoms with van der Waals surface area (Å²) in [5.41, 5.74) is 6.43. The second-order valence-electron chi connectivity index (χ2n) is 7.91. The third-order valence-electron chi connectivity index (χ3n) is 5.78. The molecule has 6 heteroatoms. The second kappa shape index (κ2) is 7.75. The summed E-state index contributed by atoms with van der Waals surface area (Å²) in [4.78, 5) is 32.6. The first-order valence-corrected chi connectivity index (χ1v) is 10.7. The number of nitrogens with one attached hydrogen (secondary N) is 1. The lowest BCUT2D eigenvalue weighted by molar-refractivity contribution is -0.122. The standard InChI is InChI=1S/C23H24BrN3O2/c1-13-10-20-21(11-14(13)2)27(23(29)17-5-4-6-19(17)26-20)12-22(28)25-16-7-8-18(24)15(3)9-16/h7-11,17H,4-6,12H2,1-3H3,(H,25,28)/t17-/m1/s1. The average Bonchev–Trinajstić information content (AvgIpc) is 3.10. The van der Waals surface area contributed by atoms with Crippen LogP contribution < -0.4 is 10.2 Å². The molecule has 1 fully saturated rings. The number of nitrogens with zero attached hydrogens (tertiary/aromatic N) is 2. The normalized spacial score (nSPS) is 18.1. The van der Waals surface area contributed by atoms with Crippen molar-refractivity contribution in [2.75, 3.05) is 16.8 Å². The topological polar surface area (TPSA) is 61.8 Å². The number of anilines is 2. The maximum absolute atomic E-state index is 13.3. The highest BCUT2D eigenvalue weighted by molar-refractivity contribution is 9.10. The highest BCUT2D eigenvalue weighted by Crippen LogP contribution is 2.39. The number of halogens is 1. The van der Waals surface area contributed by atoms with Gasteiger partial charge >= 0.3 is 0 Å². The van der Waals surface area contributed by atoms with Crippen LogP contribution in [0.3, 0.4) is 0 Å². The van der Waals surface area contributed by atoms with Crippen molar-refractivity contribution in [2.24, 2.45) is 10.9 Å². The van der Waals surface area contributed by atoms with E-state index in [2.05, 4.69) is 21.2 Å². The lowest BCUT2D eigenvalue weighted by atomic mass is 10.0. The molecule has 29 heavy (non-hydrogen) atoms. The number of benzene rings is 2. The van der Waals surface area contributed by atoms with Gasteiger partial charge in [0.2, 0.25) is 11.8 Å². The van der Waals surface area contributed by atoms with E-state index in [0.717, 1.165) is 63.2 Å². The van der Waals surface area contributed by atoms with Gasteiger partial charge in [-0.25, -0.2) is 0 Å². The lowest BCUT2D eigenvalue weighted by Crippen LogP contribution is -2.42. The van der Waals surface area contributed by atoms with Gasteiger partial charge in [0.1, 0.15) is 6.54 Å². The van der Waals surface area contributed by atoms with E-state index in [9.17, 15) is 9.59 Å². The first-order chi connectivity index (χ1) is 13.8. The number of rotatable bonds is 3. The van der Waals surface area contributed by atoms with Gasteiger partial charge in [-0.05, 0) is 87.1 Å². The van der Waals surface area contributed by atoms with Crippen LogP contribution in [-0.2, 0) is 9.59 Å². The van der Waals surface area contributed by atoms with Gasteiger partial charge in [0, 0.05) is 15.9 Å². The van der Waals surface area contributed by atoms with Crippen LogP contribution in [-0.4, -0.2) is 24.1 Å². The smallest absolute Gasteiger partial charge is 0.244 e. The van der Waals surface area contributed by atoms with Crippen molar-refractivity contribution in [1.82, 2.24) is 0 Å². The zero-order chi connectivity index (χ0) is 20.7. The molecule has 0 aromatic heterocycles. The Labute approximate surface area is 179 Å². The summed E-state index contributed by atoms with van der Waals surface area (Å²) in [6.07, 6.45) is 2.61. The van der Waals surface area contributed by atoms with E-state index in [1.807, 2.05) is 51.1 Å². The van der Waals surface area contributed by atoms with Crippen molar-refractivity contribution in [3.63, 3.8) is 0 Å². The summed E-state index contributed by atoms with van der Waals surface area (Å²) >= 11 is 3.47. The molecule has 1 heterocycles. The molecule has 1 aliphatic carbocycles. The number of hydrogen-bond acceptors (Lipinski definition) is 3. The fourth-order valence-corrected chi connectivity index (χ4v) is 4.26. The van der Waals surface area contributed by atoms with E-state index < -0.39 is 0 Å². The molecule has 0 unspecified atom stereocenters. The van der Waals surface area contributed by atoms with Gasteiger partial charge in [-0.3, -0.25) is 14.6 Å². The molecular formula is C23H24BrN3O2. The Morgan fingerprint density at radius 3 is 2.69 bits per heavy atom. The predicted molar refractivity (Wildman–Crippen MR) is 120 cm³/mol. The maximum Gasteiger partial charge on any atom is 0.244 e. The van der Waals surface area contributed by atoms with E-state index in [1.165, 1.54) is 0 Å². The molecule has 2 aromatic carbocycles. The SMILES string of the molecule is Cc1cc2c(cc1C)N(CC(=O)Nc1ccc(Br)c(C)c1)C(=O)[C@@H]1CCCC1=N2. The van der Waals surface area contributed by atoms with E-state index in [4.69, 9.17) is 4.99 Å². The van der Waals surface area contributed by atoms with Crippen LogP contribution >= 0.6 is 15.9 Å². The molecule has 4 rings (SSSR count). The summed E-state index contributed by atoms with van der Waals surface area (Å²) in [6, 6.07) is 9.66. The lowest BCUT2D eigenvalue weighted by Gasteiger charge is -2.25. The summed E-state index contributed by atoms with van der Waals surface area (Å²) in [5, 5.41) is 2.92. The van der Waals surface area contributed by atoms with E-state index >= 15 is 0 Å². The minimum Gasteiger partial charge on any atom is -0.325 e. The summed E-state index contributed by atoms with van der Waals surface area (Å²) < 4.78 is 0.990. The molecule has 0 spiro atoms. The molecule has 2 amide bonds. The number of carbonyl (C=O) groups is 2. The molecule has 2 aromatic rings. The van der Waals surface area contributed by atoms with Gasteiger partial charge in [0.25, 0.3) is 0 Å². The maximum atomic E-state index is 13.3. The van der Waals surface area contributed by atoms with Crippen LogP contribution in [0.25, 0.3) is 0 Å². The quantitative estimate of drug-likeness (QED) is 0.690. The van der Waals surface area contributed by atoms with E-state index in [0.29, 0.717) is 0 Å². The number of amides is 2. The van der Waals surface area contributed by atoms with E-state index in [1.54, 1.807) is 4.90 Å². The van der Waals surface area contributed by atoms with Crippen molar-refractivity contribution in [3.05, 3.63) is 51.5 Å². The minimum atomic E-state index is -0.217. The van der Waals surface area contributed by atoms with Crippen LogP contribution in [0.15, 0.2) is 39.8 Å². The second-order valence-corrected chi connectivity index (χ2v) is 8.76. The predicted octanol–water partition coefficient (Wildman–Crippen LogP) is 5.23. The van der Waals surface area contributed by atoms with Gasteiger partial charge in [-0.1, -0.05) is 15.9 Å². The summed E-state index contributed by atoms with van der Waals surface area (Å²) in [7, 11) is 0. The van der Waals surface area contributed by atoms with Gasteiger partial charge < -0.3 is 10.2 Å². The third-order valence-corrected chi connectivity index (χ3v) is 6.67. The van der Waals surface area contributed by atoms with Crippen LogP contribution in [0, 0.1) is 26.7 Å². The molecule has 1 N–H and O–H groups in total. The number of carbonyl (C=O) groups excluding carboxylic acids is 2. The molecule has 1 atom stereocenters. The van der Waals surface area contributed by atoms with Crippen LogP contribution in [0.4, 0.5) is 17.1 Å². The van der Waals surface area contributed by atoms with Crippen LogP contribution in [0.5, 0.6) is 0 Å². The van der Waals surface area contributed by atoms with Gasteiger partial charge in [-0.15, -0.1) is 0 Å². The Balaban J connectivity index is 1.65. The van der Waals surface area contributed by atoms with Crippen LogP contribution in [0.1, 0.15) is 36.0 Å². The van der Waals surface area contributed by atoms with E-state index in [-0.39, 0.29) is 24.3 Å². The molecule has 0 bridgehead atoms. The van der Waals surface area contributed by atoms with Crippen molar-refractivity contribution in [1.29, 1.82) is 0 Å². The molecule has 1 saturated carbocycles. The molecule has 2 aliphatic rings. The molecular weight excluding hydrogens is 430 g/mol. The van der Waals surface area contributed by atoms with Gasteiger partial charge in [0.15, 0.2) is 0 Å². The van der Waals surface area contributed by atoms with Crippen molar-refractivity contribution in [3.8, 4) is 0 Å². The molecule has 5 nitrogen and oxygen atoms in total. The molecule has 0 saturated heterocycles. The number of fused-ring (bicyclic) bond motifs is 2. The minimum absolute atomic E-state index is 0.0228. The molecule has 0 radical (unpaired) electrons. The summed E-state index contributed by atoms with van der Waals surface area (Å²) in [6.45, 7) is 6.00. The van der Waals surface area contributed by atoms with Crippen LogP contribution in [0.2, 0.25) is 0 Å². The number of aliphatic imine (C=N–C) groups is 1. The largest absolute Gasteiger partial charge is 0.325 e. The number of hydrogen-bond donors (Lipinski definition) is 1. The fraction of sp³-hybridized carbons (Fsp3) is 0.348. The van der Waals surface area contributed by atoms with Crippen molar-refractivity contribution >= 4 is 50.5 Å². The fourth-order valence-electron chi connectivity index (χ4n) is 4.01. The zero-order valence-electron chi connectivity index (χ0n) is 16.9.